The van der Waals surface area contributed by atoms with Crippen molar-refractivity contribution in [3.63, 3.8) is 0 Å². The Kier molecular flexibility index (Phi) is 8.87. The van der Waals surface area contributed by atoms with Crippen LogP contribution in [-0.2, 0) is 17.8 Å². The Morgan fingerprint density at radius 3 is 2.73 bits per heavy atom. The number of halogens is 2. The number of hydrogen-bond acceptors (Lipinski definition) is 8. The van der Waals surface area contributed by atoms with E-state index in [0.29, 0.717) is 49.7 Å². The maximum absolute atomic E-state index is 13.8. The molecule has 4 heterocycles. The normalized spacial score (nSPS) is 20.5. The third-order valence-corrected chi connectivity index (χ3v) is 9.42. The number of anilines is 2. The number of ether oxygens (including phenoxy) is 1. The van der Waals surface area contributed by atoms with E-state index < -0.39 is 17.8 Å². The third-order valence-electron chi connectivity index (χ3n) is 9.11. The molecule has 2 aromatic carbocycles. The number of nitriles is 1. The number of hydrogen-bond donors (Lipinski definition) is 0. The molecule has 2 fully saturated rings. The van der Waals surface area contributed by atoms with Crippen molar-refractivity contribution in [2.45, 2.75) is 51.2 Å². The maximum Gasteiger partial charge on any atom is 0.318 e. The quantitative estimate of drug-likeness (QED) is 0.322. The SMILES string of the molecule is C=C(F)C(=O)N1CCN(c2nc(OCC3CCCN3CC)nc3c2CCN(c2cccc4cccc(Cl)c24)C3)CC1CC#N. The van der Waals surface area contributed by atoms with Crippen LogP contribution in [0.25, 0.3) is 10.8 Å². The lowest BCUT2D eigenvalue weighted by molar-refractivity contribution is -0.131. The van der Waals surface area contributed by atoms with Crippen LogP contribution in [0, 0.1) is 11.3 Å². The highest BCUT2D eigenvalue weighted by atomic mass is 35.5. The number of fused-ring (bicyclic) bond motifs is 2. The first-order chi connectivity index (χ1) is 21.4. The fraction of sp³-hybridized carbons (Fsp3) is 0.455. The molecule has 9 nitrogen and oxygen atoms in total. The van der Waals surface area contributed by atoms with Crippen LogP contribution in [0.1, 0.15) is 37.4 Å². The van der Waals surface area contributed by atoms with Gasteiger partial charge >= 0.3 is 6.01 Å². The molecule has 3 aromatic rings. The monoisotopic (exact) mass is 617 g/mol. The molecule has 11 heteroatoms. The zero-order chi connectivity index (χ0) is 30.8. The van der Waals surface area contributed by atoms with Crippen LogP contribution in [0.2, 0.25) is 5.02 Å². The van der Waals surface area contributed by atoms with Crippen molar-refractivity contribution in [2.24, 2.45) is 0 Å². The van der Waals surface area contributed by atoms with E-state index in [0.717, 1.165) is 66.0 Å². The molecule has 2 atom stereocenters. The first kappa shape index (κ1) is 30.1. The lowest BCUT2D eigenvalue weighted by Gasteiger charge is -2.42. The van der Waals surface area contributed by atoms with E-state index in [1.807, 2.05) is 18.2 Å². The molecule has 0 saturated carbocycles. The van der Waals surface area contributed by atoms with E-state index in [-0.39, 0.29) is 13.0 Å². The number of likely N-dealkylation sites (N-methyl/N-ethyl adjacent to an activating group) is 1. The standard InChI is InChI=1S/C33H37ClFN7O2/c1-3-39-15-6-9-25(39)21-44-33-37-28-20-40(29-11-5-8-23-7-4-10-27(34)30(23)29)16-13-26(28)31(38-33)41-17-18-42(32(43)22(2)35)24(19-41)12-14-36/h4-5,7-8,10-11,24-25H,2-3,6,9,12-13,15-21H2,1H3. The Bertz CT molecular complexity index is 1610. The minimum atomic E-state index is -1.02. The third kappa shape index (κ3) is 5.91. The van der Waals surface area contributed by atoms with Gasteiger partial charge in [-0.3, -0.25) is 9.69 Å². The van der Waals surface area contributed by atoms with Crippen LogP contribution in [-0.4, -0.2) is 83.6 Å². The van der Waals surface area contributed by atoms with E-state index in [1.54, 1.807) is 0 Å². The van der Waals surface area contributed by atoms with Crippen LogP contribution in [0.5, 0.6) is 6.01 Å². The number of carbonyl (C=O) groups excluding carboxylic acids is 1. The smallest absolute Gasteiger partial charge is 0.318 e. The van der Waals surface area contributed by atoms with Crippen molar-refractivity contribution in [3.05, 3.63) is 65.1 Å². The van der Waals surface area contributed by atoms with Crippen molar-refractivity contribution >= 4 is 39.8 Å². The van der Waals surface area contributed by atoms with Crippen molar-refractivity contribution < 1.29 is 13.9 Å². The van der Waals surface area contributed by atoms with Crippen LogP contribution in [0.4, 0.5) is 15.9 Å². The molecule has 0 radical (unpaired) electrons. The second-order valence-electron chi connectivity index (χ2n) is 11.6. The summed E-state index contributed by atoms with van der Waals surface area (Å²) < 4.78 is 20.1. The first-order valence-corrected chi connectivity index (χ1v) is 15.7. The number of likely N-dealkylation sites (tertiary alicyclic amines) is 1. The van der Waals surface area contributed by atoms with Gasteiger partial charge in [-0.15, -0.1) is 0 Å². The van der Waals surface area contributed by atoms with Crippen molar-refractivity contribution in [1.29, 1.82) is 5.26 Å². The van der Waals surface area contributed by atoms with Gasteiger partial charge in [-0.25, -0.2) is 4.39 Å². The summed E-state index contributed by atoms with van der Waals surface area (Å²) in [4.78, 5) is 30.6. The van der Waals surface area contributed by atoms with E-state index in [1.165, 1.54) is 4.90 Å². The van der Waals surface area contributed by atoms with E-state index >= 15 is 0 Å². The molecule has 1 amide bonds. The Morgan fingerprint density at radius 1 is 1.14 bits per heavy atom. The molecule has 230 valence electrons. The predicted molar refractivity (Wildman–Crippen MR) is 170 cm³/mol. The lowest BCUT2D eigenvalue weighted by atomic mass is 10.0. The Balaban J connectivity index is 1.33. The van der Waals surface area contributed by atoms with Gasteiger partial charge in [0.25, 0.3) is 5.91 Å². The Hall–Kier alpha value is -3.94. The average molecular weight is 618 g/mol. The fourth-order valence-electron chi connectivity index (χ4n) is 6.88. The minimum Gasteiger partial charge on any atom is -0.462 e. The first-order valence-electron chi connectivity index (χ1n) is 15.3. The number of piperazine rings is 1. The van der Waals surface area contributed by atoms with Gasteiger partial charge < -0.3 is 19.4 Å². The molecule has 44 heavy (non-hydrogen) atoms. The van der Waals surface area contributed by atoms with E-state index in [4.69, 9.17) is 26.3 Å². The molecule has 1 aromatic heterocycles. The molecule has 2 unspecified atom stereocenters. The molecule has 3 aliphatic heterocycles. The molecule has 3 aliphatic rings. The van der Waals surface area contributed by atoms with Crippen LogP contribution < -0.4 is 14.5 Å². The van der Waals surface area contributed by atoms with Crippen LogP contribution >= 0.6 is 11.6 Å². The summed E-state index contributed by atoms with van der Waals surface area (Å²) in [6.45, 7) is 10.2. The zero-order valence-electron chi connectivity index (χ0n) is 25.0. The number of benzene rings is 2. The topological polar surface area (TPSA) is 88.8 Å². The van der Waals surface area contributed by atoms with Gasteiger partial charge in [-0.1, -0.05) is 49.4 Å². The second-order valence-corrected chi connectivity index (χ2v) is 12.1. The molecule has 2 saturated heterocycles. The van der Waals surface area contributed by atoms with Gasteiger partial charge in [0.05, 0.1) is 35.8 Å². The van der Waals surface area contributed by atoms with Crippen molar-refractivity contribution in [1.82, 2.24) is 19.8 Å². The fourth-order valence-corrected chi connectivity index (χ4v) is 7.16. The molecule has 0 spiro atoms. The summed E-state index contributed by atoms with van der Waals surface area (Å²) >= 11 is 6.69. The lowest BCUT2D eigenvalue weighted by Crippen LogP contribution is -2.55. The summed E-state index contributed by atoms with van der Waals surface area (Å²) in [5.41, 5.74) is 2.96. The number of aromatic nitrogens is 2. The highest BCUT2D eigenvalue weighted by Crippen LogP contribution is 2.37. The minimum absolute atomic E-state index is 0.0797. The Morgan fingerprint density at radius 2 is 1.95 bits per heavy atom. The van der Waals surface area contributed by atoms with Gasteiger partial charge in [0, 0.05) is 48.9 Å². The van der Waals surface area contributed by atoms with Crippen LogP contribution in [0.3, 0.4) is 0 Å². The summed E-state index contributed by atoms with van der Waals surface area (Å²) in [5, 5.41) is 12.3. The molecule has 0 N–H and O–H groups in total. The summed E-state index contributed by atoms with van der Waals surface area (Å²) in [6.07, 6.45) is 3.00. The zero-order valence-corrected chi connectivity index (χ0v) is 25.8. The van der Waals surface area contributed by atoms with Crippen molar-refractivity contribution in [3.8, 4) is 12.1 Å². The van der Waals surface area contributed by atoms with E-state index in [9.17, 15) is 14.4 Å². The molecule has 0 bridgehead atoms. The number of nitrogens with zero attached hydrogens (tertiary/aromatic N) is 7. The maximum atomic E-state index is 13.8. The summed E-state index contributed by atoms with van der Waals surface area (Å²) in [7, 11) is 0. The van der Waals surface area contributed by atoms with Gasteiger partial charge in [-0.05, 0) is 49.9 Å². The molecule has 0 aliphatic carbocycles. The molecular weight excluding hydrogens is 581 g/mol. The summed E-state index contributed by atoms with van der Waals surface area (Å²) in [6, 6.07) is 14.5. The van der Waals surface area contributed by atoms with Crippen LogP contribution in [0.15, 0.2) is 48.8 Å². The second kappa shape index (κ2) is 13.0. The van der Waals surface area contributed by atoms with Gasteiger partial charge in [-0.2, -0.15) is 15.2 Å². The highest BCUT2D eigenvalue weighted by Gasteiger charge is 2.35. The Labute approximate surface area is 262 Å². The largest absolute Gasteiger partial charge is 0.462 e. The summed E-state index contributed by atoms with van der Waals surface area (Å²) in [5.74, 6) is -1.02. The van der Waals surface area contributed by atoms with Gasteiger partial charge in [0.15, 0.2) is 5.83 Å². The average Bonchev–Trinajstić information content (AvgIpc) is 3.50. The number of amides is 1. The van der Waals surface area contributed by atoms with Gasteiger partial charge in [0.1, 0.15) is 12.4 Å². The number of rotatable bonds is 8. The molecule has 6 rings (SSSR count). The highest BCUT2D eigenvalue weighted by molar-refractivity contribution is 6.36. The predicted octanol–water partition coefficient (Wildman–Crippen LogP) is 5.12. The van der Waals surface area contributed by atoms with E-state index in [2.05, 4.69) is 52.5 Å². The number of carbonyl (C=O) groups is 1. The molecular formula is C33H37ClFN7O2. The van der Waals surface area contributed by atoms with Gasteiger partial charge in [0.2, 0.25) is 0 Å². The van der Waals surface area contributed by atoms with Crippen molar-refractivity contribution in [2.75, 3.05) is 55.7 Å².